The Morgan fingerprint density at radius 3 is 2.78 bits per heavy atom. The number of benzene rings is 2. The minimum Gasteiger partial charge on any atom is -0.505 e. The summed E-state index contributed by atoms with van der Waals surface area (Å²) in [6, 6.07) is 15.9. The molecule has 0 saturated carbocycles. The van der Waals surface area contributed by atoms with Crippen molar-refractivity contribution in [1.82, 2.24) is 14.8 Å². The van der Waals surface area contributed by atoms with Crippen LogP contribution in [0.15, 0.2) is 54.7 Å². The molecule has 4 rings (SSSR count). The molecule has 0 saturated heterocycles. The molecule has 0 fully saturated rings. The third-order valence-electron chi connectivity index (χ3n) is 5.43. The first-order valence-electron chi connectivity index (χ1n) is 9.14. The highest BCUT2D eigenvalue weighted by molar-refractivity contribution is 6.02. The number of aromatic hydroxyl groups is 1. The van der Waals surface area contributed by atoms with Crippen LogP contribution >= 0.6 is 0 Å². The van der Waals surface area contributed by atoms with Gasteiger partial charge < -0.3 is 10.0 Å². The third-order valence-corrected chi connectivity index (χ3v) is 5.43. The number of hydrogen-bond acceptors (Lipinski definition) is 4. The summed E-state index contributed by atoms with van der Waals surface area (Å²) in [5.74, 6) is -0.236. The quantitative estimate of drug-likeness (QED) is 0.779. The van der Waals surface area contributed by atoms with Crippen LogP contribution in [0.1, 0.15) is 21.5 Å². The zero-order valence-electron chi connectivity index (χ0n) is 15.6. The maximum atomic E-state index is 13.0. The molecule has 0 aliphatic carbocycles. The molecule has 27 heavy (non-hydrogen) atoms. The standard InChI is InChI=1S/C22H23N3O2/c1-24-13-17-7-4-3-6-16(17)12-18(24)14-25(2)22(27)19-10-9-15-8-5-11-23-20(15)21(19)26/h3-11,18,26H,12-14H2,1-2H3/t18-/m1/s1. The van der Waals surface area contributed by atoms with E-state index in [1.165, 1.54) is 11.1 Å². The van der Waals surface area contributed by atoms with Crippen molar-refractivity contribution in [3.05, 3.63) is 71.4 Å². The molecule has 2 aromatic carbocycles. The van der Waals surface area contributed by atoms with Gasteiger partial charge in [-0.2, -0.15) is 0 Å². The van der Waals surface area contributed by atoms with E-state index in [1.54, 1.807) is 24.2 Å². The molecule has 5 heteroatoms. The van der Waals surface area contributed by atoms with Gasteiger partial charge in [-0.05, 0) is 36.7 Å². The predicted molar refractivity (Wildman–Crippen MR) is 106 cm³/mol. The number of carbonyl (C=O) groups excluding carboxylic acids is 1. The SMILES string of the molecule is CN(C[C@H]1Cc2ccccc2CN1C)C(=O)c1ccc2cccnc2c1O. The topological polar surface area (TPSA) is 56.7 Å². The average Bonchev–Trinajstić information content (AvgIpc) is 2.68. The van der Waals surface area contributed by atoms with E-state index in [2.05, 4.69) is 41.2 Å². The van der Waals surface area contributed by atoms with Crippen LogP contribution in [0.5, 0.6) is 5.75 Å². The number of phenolic OH excluding ortho intramolecular Hbond substituents is 1. The van der Waals surface area contributed by atoms with Crippen LogP contribution in [-0.4, -0.2) is 52.5 Å². The number of fused-ring (bicyclic) bond motifs is 2. The van der Waals surface area contributed by atoms with Gasteiger partial charge in [0.05, 0.1) is 5.56 Å². The number of phenols is 1. The Bertz CT molecular complexity index is 1000. The van der Waals surface area contributed by atoms with Crippen LogP contribution < -0.4 is 0 Å². The Balaban J connectivity index is 1.54. The van der Waals surface area contributed by atoms with Crippen molar-refractivity contribution >= 4 is 16.8 Å². The van der Waals surface area contributed by atoms with Crippen molar-refractivity contribution in [2.75, 3.05) is 20.6 Å². The van der Waals surface area contributed by atoms with Gasteiger partial charge in [0, 0.05) is 37.8 Å². The van der Waals surface area contributed by atoms with Gasteiger partial charge in [0.25, 0.3) is 5.91 Å². The monoisotopic (exact) mass is 361 g/mol. The highest BCUT2D eigenvalue weighted by Crippen LogP contribution is 2.28. The van der Waals surface area contributed by atoms with E-state index in [4.69, 9.17) is 0 Å². The Kier molecular flexibility index (Phi) is 4.54. The Morgan fingerprint density at radius 1 is 1.19 bits per heavy atom. The van der Waals surface area contributed by atoms with Crippen molar-refractivity contribution in [3.8, 4) is 5.75 Å². The van der Waals surface area contributed by atoms with Crippen LogP contribution in [0, 0.1) is 0 Å². The molecule has 3 aromatic rings. The van der Waals surface area contributed by atoms with Crippen molar-refractivity contribution in [1.29, 1.82) is 0 Å². The molecular weight excluding hydrogens is 338 g/mol. The van der Waals surface area contributed by atoms with E-state index >= 15 is 0 Å². The summed E-state index contributed by atoms with van der Waals surface area (Å²) in [6.45, 7) is 1.48. The van der Waals surface area contributed by atoms with E-state index in [1.807, 2.05) is 18.2 Å². The van der Waals surface area contributed by atoms with Gasteiger partial charge in [0.2, 0.25) is 0 Å². The summed E-state index contributed by atoms with van der Waals surface area (Å²) in [7, 11) is 3.88. The smallest absolute Gasteiger partial charge is 0.257 e. The minimum absolute atomic E-state index is 0.0488. The van der Waals surface area contributed by atoms with Crippen LogP contribution in [0.2, 0.25) is 0 Å². The average molecular weight is 361 g/mol. The summed E-state index contributed by atoms with van der Waals surface area (Å²) >= 11 is 0. The van der Waals surface area contributed by atoms with Crippen LogP contribution in [0.4, 0.5) is 0 Å². The highest BCUT2D eigenvalue weighted by Gasteiger charge is 2.27. The van der Waals surface area contributed by atoms with Crippen LogP contribution in [0.3, 0.4) is 0 Å². The molecule has 1 aliphatic rings. The van der Waals surface area contributed by atoms with Crippen molar-refractivity contribution in [2.45, 2.75) is 19.0 Å². The summed E-state index contributed by atoms with van der Waals surface area (Å²) in [6.07, 6.45) is 2.53. The van der Waals surface area contributed by atoms with E-state index < -0.39 is 0 Å². The molecule has 0 spiro atoms. The fraction of sp³-hybridized carbons (Fsp3) is 0.273. The van der Waals surface area contributed by atoms with Crippen LogP contribution in [-0.2, 0) is 13.0 Å². The van der Waals surface area contributed by atoms with Gasteiger partial charge in [-0.3, -0.25) is 14.7 Å². The minimum atomic E-state index is -0.188. The number of nitrogens with zero attached hydrogens (tertiary/aromatic N) is 3. The lowest BCUT2D eigenvalue weighted by Crippen LogP contribution is -2.46. The molecule has 138 valence electrons. The molecule has 1 amide bonds. The number of amides is 1. The Morgan fingerprint density at radius 2 is 1.96 bits per heavy atom. The second-order valence-corrected chi connectivity index (χ2v) is 7.26. The molecule has 5 nitrogen and oxygen atoms in total. The first-order valence-corrected chi connectivity index (χ1v) is 9.14. The van der Waals surface area contributed by atoms with E-state index in [0.29, 0.717) is 17.6 Å². The fourth-order valence-corrected chi connectivity index (χ4v) is 3.83. The highest BCUT2D eigenvalue weighted by atomic mass is 16.3. The largest absolute Gasteiger partial charge is 0.505 e. The van der Waals surface area contributed by atoms with E-state index in [0.717, 1.165) is 18.4 Å². The molecule has 0 radical (unpaired) electrons. The first kappa shape index (κ1) is 17.5. The molecule has 2 heterocycles. The summed E-state index contributed by atoms with van der Waals surface area (Å²) < 4.78 is 0. The summed E-state index contributed by atoms with van der Waals surface area (Å²) in [4.78, 5) is 21.1. The number of aromatic nitrogens is 1. The Labute approximate surface area is 158 Å². The third kappa shape index (κ3) is 3.26. The van der Waals surface area contributed by atoms with Crippen LogP contribution in [0.25, 0.3) is 10.9 Å². The number of likely N-dealkylation sites (N-methyl/N-ethyl adjacent to an activating group) is 2. The maximum Gasteiger partial charge on any atom is 0.257 e. The number of rotatable bonds is 3. The molecule has 1 aliphatic heterocycles. The second kappa shape index (κ2) is 7.00. The molecular formula is C22H23N3O2. The molecule has 1 aromatic heterocycles. The number of pyridine rings is 1. The van der Waals surface area contributed by atoms with Gasteiger partial charge in [-0.1, -0.05) is 36.4 Å². The zero-order valence-corrected chi connectivity index (χ0v) is 15.6. The first-order chi connectivity index (χ1) is 13.0. The summed E-state index contributed by atoms with van der Waals surface area (Å²) in [5.41, 5.74) is 3.45. The van der Waals surface area contributed by atoms with Gasteiger partial charge >= 0.3 is 0 Å². The summed E-state index contributed by atoms with van der Waals surface area (Å²) in [5, 5.41) is 11.4. The van der Waals surface area contributed by atoms with Crippen molar-refractivity contribution in [3.63, 3.8) is 0 Å². The molecule has 0 bridgehead atoms. The van der Waals surface area contributed by atoms with Gasteiger partial charge in [0.1, 0.15) is 5.52 Å². The lowest BCUT2D eigenvalue weighted by atomic mass is 9.94. The fourth-order valence-electron chi connectivity index (χ4n) is 3.83. The van der Waals surface area contributed by atoms with E-state index in [9.17, 15) is 9.90 Å². The maximum absolute atomic E-state index is 13.0. The van der Waals surface area contributed by atoms with Gasteiger partial charge in [-0.15, -0.1) is 0 Å². The lowest BCUT2D eigenvalue weighted by molar-refractivity contribution is 0.0731. The second-order valence-electron chi connectivity index (χ2n) is 7.26. The molecule has 1 N–H and O–H groups in total. The van der Waals surface area contributed by atoms with E-state index in [-0.39, 0.29) is 17.7 Å². The van der Waals surface area contributed by atoms with Crippen molar-refractivity contribution in [2.24, 2.45) is 0 Å². The van der Waals surface area contributed by atoms with Crippen molar-refractivity contribution < 1.29 is 9.90 Å². The normalized spacial score (nSPS) is 16.9. The van der Waals surface area contributed by atoms with Gasteiger partial charge in [-0.25, -0.2) is 0 Å². The predicted octanol–water partition coefficient (Wildman–Crippen LogP) is 3.07. The van der Waals surface area contributed by atoms with Gasteiger partial charge in [0.15, 0.2) is 5.75 Å². The zero-order chi connectivity index (χ0) is 19.0. The number of hydrogen-bond donors (Lipinski definition) is 1. The lowest BCUT2D eigenvalue weighted by Gasteiger charge is -2.36. The molecule has 1 atom stereocenters. The Hall–Kier alpha value is -2.92. The molecule has 0 unspecified atom stereocenters. The number of carbonyl (C=O) groups is 1.